The van der Waals surface area contributed by atoms with Crippen molar-refractivity contribution in [3.05, 3.63) is 30.1 Å². The van der Waals surface area contributed by atoms with E-state index in [2.05, 4.69) is 4.90 Å². The van der Waals surface area contributed by atoms with Crippen molar-refractivity contribution in [1.29, 1.82) is 0 Å². The lowest BCUT2D eigenvalue weighted by Gasteiger charge is -2.28. The molecule has 7 heteroatoms. The number of hydrogen-bond donors (Lipinski definition) is 0. The van der Waals surface area contributed by atoms with E-state index in [-0.39, 0.29) is 30.0 Å². The van der Waals surface area contributed by atoms with Crippen LogP contribution < -0.4 is 4.90 Å². The van der Waals surface area contributed by atoms with Gasteiger partial charge >= 0.3 is 0 Å². The number of nitrogens with zero attached hydrogens (tertiary/aromatic N) is 3. The molecule has 1 atom stereocenters. The summed E-state index contributed by atoms with van der Waals surface area (Å²) in [5.74, 6) is -0.755. The van der Waals surface area contributed by atoms with Crippen molar-refractivity contribution in [3.8, 4) is 0 Å². The van der Waals surface area contributed by atoms with Crippen LogP contribution in [0.2, 0.25) is 0 Å². The highest BCUT2D eigenvalue weighted by atomic mass is 19.1. The molecule has 3 rings (SSSR count). The molecule has 2 amide bonds. The van der Waals surface area contributed by atoms with Crippen LogP contribution in [0.5, 0.6) is 0 Å². The van der Waals surface area contributed by atoms with E-state index in [4.69, 9.17) is 4.74 Å². The van der Waals surface area contributed by atoms with Crippen molar-refractivity contribution < 1.29 is 18.7 Å². The number of likely N-dealkylation sites (tertiary alicyclic amines) is 1. The maximum Gasteiger partial charge on any atom is 0.232 e. The fourth-order valence-electron chi connectivity index (χ4n) is 3.31. The number of amides is 2. The molecule has 0 aromatic heterocycles. The molecular formula is C18H24FN3O3. The fraction of sp³-hybridized carbons (Fsp3) is 0.556. The Morgan fingerprint density at radius 1 is 1.24 bits per heavy atom. The number of ether oxygens (including phenoxy) is 1. The summed E-state index contributed by atoms with van der Waals surface area (Å²) in [6.07, 6.45) is 0.244. The largest absolute Gasteiger partial charge is 0.379 e. The lowest BCUT2D eigenvalue weighted by atomic mass is 10.1. The van der Waals surface area contributed by atoms with Gasteiger partial charge in [0.2, 0.25) is 11.8 Å². The third kappa shape index (κ3) is 4.35. The second-order valence-corrected chi connectivity index (χ2v) is 6.57. The molecule has 136 valence electrons. The monoisotopic (exact) mass is 349 g/mol. The highest BCUT2D eigenvalue weighted by Gasteiger charge is 2.36. The van der Waals surface area contributed by atoms with Gasteiger partial charge in [-0.2, -0.15) is 0 Å². The van der Waals surface area contributed by atoms with E-state index in [1.165, 1.54) is 17.0 Å². The van der Waals surface area contributed by atoms with E-state index in [1.54, 1.807) is 24.1 Å². The van der Waals surface area contributed by atoms with Gasteiger partial charge in [-0.15, -0.1) is 0 Å². The Bertz CT molecular complexity index is 616. The Morgan fingerprint density at radius 2 is 1.92 bits per heavy atom. The third-order valence-electron chi connectivity index (χ3n) is 4.90. The van der Waals surface area contributed by atoms with Crippen molar-refractivity contribution in [3.63, 3.8) is 0 Å². The molecule has 0 spiro atoms. The number of carbonyl (C=O) groups is 2. The Morgan fingerprint density at radius 3 is 2.60 bits per heavy atom. The molecule has 6 nitrogen and oxygen atoms in total. The first-order chi connectivity index (χ1) is 12.0. The Kier molecular flexibility index (Phi) is 5.65. The zero-order valence-electron chi connectivity index (χ0n) is 14.5. The minimum atomic E-state index is -0.341. The zero-order chi connectivity index (χ0) is 17.8. The van der Waals surface area contributed by atoms with E-state index < -0.39 is 0 Å². The van der Waals surface area contributed by atoms with E-state index >= 15 is 0 Å². The highest BCUT2D eigenvalue weighted by molar-refractivity contribution is 5.98. The van der Waals surface area contributed by atoms with E-state index in [0.717, 1.165) is 32.8 Å². The number of halogens is 1. The van der Waals surface area contributed by atoms with Gasteiger partial charge in [-0.05, 0) is 24.3 Å². The highest BCUT2D eigenvalue weighted by Crippen LogP contribution is 2.23. The topological polar surface area (TPSA) is 53.1 Å². The summed E-state index contributed by atoms with van der Waals surface area (Å²) < 4.78 is 18.3. The summed E-state index contributed by atoms with van der Waals surface area (Å²) in [4.78, 5) is 30.4. The molecule has 2 aliphatic heterocycles. The first-order valence-electron chi connectivity index (χ1n) is 8.65. The van der Waals surface area contributed by atoms with Crippen LogP contribution >= 0.6 is 0 Å². The molecule has 0 radical (unpaired) electrons. The Balaban J connectivity index is 1.53. The van der Waals surface area contributed by atoms with Crippen LogP contribution in [0.25, 0.3) is 0 Å². The minimum Gasteiger partial charge on any atom is -0.379 e. The van der Waals surface area contributed by atoms with Gasteiger partial charge in [0.15, 0.2) is 0 Å². The van der Waals surface area contributed by atoms with Crippen LogP contribution in [0.3, 0.4) is 0 Å². The molecule has 0 bridgehead atoms. The summed E-state index contributed by atoms with van der Waals surface area (Å²) >= 11 is 0. The number of morpholine rings is 1. The van der Waals surface area contributed by atoms with Crippen molar-refractivity contribution in [2.75, 3.05) is 57.9 Å². The van der Waals surface area contributed by atoms with Gasteiger partial charge in [0.05, 0.1) is 19.1 Å². The summed E-state index contributed by atoms with van der Waals surface area (Å²) in [7, 11) is 1.66. The van der Waals surface area contributed by atoms with Gasteiger partial charge in [0.1, 0.15) is 5.82 Å². The Labute approximate surface area is 147 Å². The van der Waals surface area contributed by atoms with Gasteiger partial charge in [0, 0.05) is 51.9 Å². The predicted octanol–water partition coefficient (Wildman–Crippen LogP) is 0.969. The smallest absolute Gasteiger partial charge is 0.232 e. The quantitative estimate of drug-likeness (QED) is 0.795. The van der Waals surface area contributed by atoms with Gasteiger partial charge in [-0.1, -0.05) is 0 Å². The molecule has 0 aliphatic carbocycles. The first-order valence-corrected chi connectivity index (χ1v) is 8.65. The van der Waals surface area contributed by atoms with E-state index in [0.29, 0.717) is 18.8 Å². The summed E-state index contributed by atoms with van der Waals surface area (Å²) in [5, 5.41) is 0. The summed E-state index contributed by atoms with van der Waals surface area (Å²) in [6.45, 7) is 5.14. The number of carbonyl (C=O) groups excluding carboxylic acids is 2. The van der Waals surface area contributed by atoms with Gasteiger partial charge in [0.25, 0.3) is 0 Å². The molecule has 0 unspecified atom stereocenters. The van der Waals surface area contributed by atoms with Crippen LogP contribution in [0, 0.1) is 11.7 Å². The molecule has 2 heterocycles. The average Bonchev–Trinajstić information content (AvgIpc) is 3.01. The van der Waals surface area contributed by atoms with Crippen molar-refractivity contribution in [2.24, 2.45) is 5.92 Å². The standard InChI is InChI=1S/C18H24FN3O3/c1-20(16-4-2-15(19)3-5-16)18(24)14-12-17(23)22(13-14)7-6-21-8-10-25-11-9-21/h2-5,14H,6-13H2,1H3/t14-/m0/s1. The molecule has 2 aliphatic rings. The van der Waals surface area contributed by atoms with Crippen LogP contribution in [-0.2, 0) is 14.3 Å². The molecule has 1 aromatic carbocycles. The van der Waals surface area contributed by atoms with Gasteiger partial charge < -0.3 is 14.5 Å². The normalized spacial score (nSPS) is 21.6. The fourth-order valence-corrected chi connectivity index (χ4v) is 3.31. The molecule has 0 N–H and O–H groups in total. The minimum absolute atomic E-state index is 0.0270. The van der Waals surface area contributed by atoms with Crippen LogP contribution in [0.4, 0.5) is 10.1 Å². The van der Waals surface area contributed by atoms with Crippen LogP contribution in [0.1, 0.15) is 6.42 Å². The lowest BCUT2D eigenvalue weighted by molar-refractivity contribution is -0.128. The first kappa shape index (κ1) is 17.8. The second-order valence-electron chi connectivity index (χ2n) is 6.57. The van der Waals surface area contributed by atoms with Crippen molar-refractivity contribution >= 4 is 17.5 Å². The van der Waals surface area contributed by atoms with Crippen LogP contribution in [-0.4, -0.2) is 74.6 Å². The maximum absolute atomic E-state index is 13.0. The van der Waals surface area contributed by atoms with Crippen LogP contribution in [0.15, 0.2) is 24.3 Å². The second kappa shape index (κ2) is 7.93. The average molecular weight is 349 g/mol. The lowest BCUT2D eigenvalue weighted by Crippen LogP contribution is -2.42. The number of benzene rings is 1. The predicted molar refractivity (Wildman–Crippen MR) is 91.8 cm³/mol. The summed E-state index contributed by atoms with van der Waals surface area (Å²) in [5.41, 5.74) is 0.630. The molecular weight excluding hydrogens is 325 g/mol. The maximum atomic E-state index is 13.0. The molecule has 25 heavy (non-hydrogen) atoms. The molecule has 2 fully saturated rings. The number of anilines is 1. The summed E-state index contributed by atoms with van der Waals surface area (Å²) in [6, 6.07) is 5.79. The van der Waals surface area contributed by atoms with Gasteiger partial charge in [-0.3, -0.25) is 14.5 Å². The van der Waals surface area contributed by atoms with Gasteiger partial charge in [-0.25, -0.2) is 4.39 Å². The van der Waals surface area contributed by atoms with E-state index in [1.807, 2.05) is 0 Å². The molecule has 1 aromatic rings. The SMILES string of the molecule is CN(C(=O)[C@H]1CC(=O)N(CCN2CCOCC2)C1)c1ccc(F)cc1. The molecule has 2 saturated heterocycles. The number of rotatable bonds is 5. The Hall–Kier alpha value is -1.99. The van der Waals surface area contributed by atoms with E-state index in [9.17, 15) is 14.0 Å². The number of hydrogen-bond acceptors (Lipinski definition) is 4. The third-order valence-corrected chi connectivity index (χ3v) is 4.90. The zero-order valence-corrected chi connectivity index (χ0v) is 14.5. The molecule has 0 saturated carbocycles. The van der Waals surface area contributed by atoms with Crippen molar-refractivity contribution in [1.82, 2.24) is 9.80 Å². The van der Waals surface area contributed by atoms with Crippen molar-refractivity contribution in [2.45, 2.75) is 6.42 Å².